The van der Waals surface area contributed by atoms with Gasteiger partial charge in [0.25, 0.3) is 0 Å². The van der Waals surface area contributed by atoms with Gasteiger partial charge in [-0.05, 0) is 44.9 Å². The third kappa shape index (κ3) is 7.29. The molecule has 0 aromatic heterocycles. The summed E-state index contributed by atoms with van der Waals surface area (Å²) < 4.78 is 11.0. The van der Waals surface area contributed by atoms with E-state index in [1.165, 1.54) is 0 Å². The van der Waals surface area contributed by atoms with Gasteiger partial charge in [-0.2, -0.15) is 0 Å². The zero-order valence-electron chi connectivity index (χ0n) is 15.9. The van der Waals surface area contributed by atoms with Crippen molar-refractivity contribution in [3.63, 3.8) is 0 Å². The maximum absolute atomic E-state index is 11.8. The first kappa shape index (κ1) is 20.6. The molecule has 0 bridgehead atoms. The van der Waals surface area contributed by atoms with Crippen molar-refractivity contribution in [2.75, 3.05) is 0 Å². The highest BCUT2D eigenvalue weighted by atomic mass is 16.6. The number of nitrogens with one attached hydrogen (secondary N) is 1. The summed E-state index contributed by atoms with van der Waals surface area (Å²) in [5.41, 5.74) is 2.32. The zero-order valence-corrected chi connectivity index (χ0v) is 15.9. The number of rotatable bonds is 7. The van der Waals surface area contributed by atoms with Crippen molar-refractivity contribution in [1.82, 2.24) is 5.32 Å². The Morgan fingerprint density at radius 3 is 2.56 bits per heavy atom. The van der Waals surface area contributed by atoms with Crippen molar-refractivity contribution in [3.05, 3.63) is 66.1 Å². The summed E-state index contributed by atoms with van der Waals surface area (Å²) in [6, 6.07) is 7.86. The Morgan fingerprint density at radius 2 is 2.00 bits per heavy atom. The molecule has 1 N–H and O–H groups in total. The number of benzene rings is 1. The van der Waals surface area contributed by atoms with Crippen LogP contribution >= 0.6 is 0 Å². The number of amides is 1. The van der Waals surface area contributed by atoms with Gasteiger partial charge in [-0.25, -0.2) is 4.79 Å². The van der Waals surface area contributed by atoms with Crippen LogP contribution in [0, 0.1) is 0 Å². The minimum absolute atomic E-state index is 0.384. The van der Waals surface area contributed by atoms with Gasteiger partial charge in [0.05, 0.1) is 5.76 Å². The third-order valence-electron chi connectivity index (χ3n) is 3.35. The lowest BCUT2D eigenvalue weighted by atomic mass is 10.0. The van der Waals surface area contributed by atoms with Crippen LogP contribution in [0.15, 0.2) is 55.0 Å². The summed E-state index contributed by atoms with van der Waals surface area (Å²) >= 11 is 0. The van der Waals surface area contributed by atoms with Gasteiger partial charge in [0.15, 0.2) is 0 Å². The van der Waals surface area contributed by atoms with E-state index in [1.54, 1.807) is 6.08 Å². The largest absolute Gasteiger partial charge is 0.466 e. The first-order chi connectivity index (χ1) is 11.7. The summed E-state index contributed by atoms with van der Waals surface area (Å²) in [4.78, 5) is 11.8. The molecular weight excluding hydrogens is 314 g/mol. The molecular formula is C21H29NO3. The van der Waals surface area contributed by atoms with Gasteiger partial charge in [0.1, 0.15) is 11.4 Å². The molecule has 4 nitrogen and oxygen atoms in total. The van der Waals surface area contributed by atoms with Crippen LogP contribution in [0.4, 0.5) is 4.79 Å². The van der Waals surface area contributed by atoms with E-state index in [2.05, 4.69) is 18.5 Å². The van der Waals surface area contributed by atoms with Crippen LogP contribution in [-0.4, -0.2) is 11.7 Å². The number of ether oxygens (including phenoxy) is 2. The molecule has 0 aliphatic carbocycles. The molecule has 1 rings (SSSR count). The van der Waals surface area contributed by atoms with E-state index >= 15 is 0 Å². The Kier molecular flexibility index (Phi) is 7.49. The Bertz CT molecular complexity index is 666. The number of alkyl carbamates (subject to hydrolysis) is 1. The highest BCUT2D eigenvalue weighted by Gasteiger charge is 2.15. The van der Waals surface area contributed by atoms with E-state index in [4.69, 9.17) is 9.47 Å². The van der Waals surface area contributed by atoms with Crippen molar-refractivity contribution in [2.24, 2.45) is 0 Å². The standard InChI is InChI=1S/C21H29NO3/c1-8-15(3)24-16(4)19(9-2)18-12-10-11-17(13-18)14-22-20(23)25-21(5,6)7/h9-13H,2-3,8,14H2,1,4-7H3,(H,22,23)/b19-16-. The van der Waals surface area contributed by atoms with Gasteiger partial charge >= 0.3 is 6.09 Å². The molecule has 1 aromatic carbocycles. The number of hydrogen-bond acceptors (Lipinski definition) is 3. The van der Waals surface area contributed by atoms with E-state index in [9.17, 15) is 4.79 Å². The van der Waals surface area contributed by atoms with Crippen LogP contribution in [0.1, 0.15) is 52.2 Å². The highest BCUT2D eigenvalue weighted by Crippen LogP contribution is 2.23. The summed E-state index contributed by atoms with van der Waals surface area (Å²) in [5.74, 6) is 1.46. The van der Waals surface area contributed by atoms with Gasteiger partial charge in [-0.3, -0.25) is 0 Å². The zero-order chi connectivity index (χ0) is 19.0. The second-order valence-electron chi connectivity index (χ2n) is 6.72. The lowest BCUT2D eigenvalue weighted by molar-refractivity contribution is 0.0523. The molecule has 0 aliphatic rings. The van der Waals surface area contributed by atoms with Crippen LogP contribution in [0.2, 0.25) is 0 Å². The number of carbonyl (C=O) groups is 1. The minimum Gasteiger partial charge on any atom is -0.466 e. The van der Waals surface area contributed by atoms with Crippen molar-refractivity contribution in [3.8, 4) is 0 Å². The third-order valence-corrected chi connectivity index (χ3v) is 3.35. The molecule has 0 spiro atoms. The minimum atomic E-state index is -0.513. The van der Waals surface area contributed by atoms with Crippen molar-refractivity contribution in [1.29, 1.82) is 0 Å². The average Bonchev–Trinajstić information content (AvgIpc) is 2.52. The summed E-state index contributed by atoms with van der Waals surface area (Å²) in [5, 5.41) is 2.76. The number of allylic oxidation sites excluding steroid dienone is 4. The predicted molar refractivity (Wildman–Crippen MR) is 103 cm³/mol. The van der Waals surface area contributed by atoms with Crippen LogP contribution in [0.3, 0.4) is 0 Å². The van der Waals surface area contributed by atoms with E-state index in [0.29, 0.717) is 12.3 Å². The fourth-order valence-corrected chi connectivity index (χ4v) is 2.15. The van der Waals surface area contributed by atoms with Crippen molar-refractivity contribution in [2.45, 2.75) is 53.2 Å². The monoisotopic (exact) mass is 343 g/mol. The van der Waals surface area contributed by atoms with Crippen molar-refractivity contribution < 1.29 is 14.3 Å². The molecule has 0 aliphatic heterocycles. The first-order valence-electron chi connectivity index (χ1n) is 8.41. The lowest BCUT2D eigenvalue weighted by Gasteiger charge is -2.19. The second kappa shape index (κ2) is 9.11. The Labute approximate surface area is 151 Å². The molecule has 0 saturated heterocycles. The Balaban J connectivity index is 2.89. The summed E-state index contributed by atoms with van der Waals surface area (Å²) in [6.07, 6.45) is 2.08. The maximum Gasteiger partial charge on any atom is 0.407 e. The molecule has 4 heteroatoms. The van der Waals surface area contributed by atoms with E-state index in [1.807, 2.05) is 58.9 Å². The molecule has 0 unspecified atom stereocenters. The molecule has 25 heavy (non-hydrogen) atoms. The molecule has 1 aromatic rings. The average molecular weight is 343 g/mol. The highest BCUT2D eigenvalue weighted by molar-refractivity contribution is 5.75. The first-order valence-corrected chi connectivity index (χ1v) is 8.41. The van der Waals surface area contributed by atoms with Gasteiger partial charge in [0, 0.05) is 18.5 Å². The van der Waals surface area contributed by atoms with Gasteiger partial charge < -0.3 is 14.8 Å². The predicted octanol–water partition coefficient (Wildman–Crippen LogP) is 5.57. The maximum atomic E-state index is 11.8. The fourth-order valence-electron chi connectivity index (χ4n) is 2.15. The number of carbonyl (C=O) groups excluding carboxylic acids is 1. The molecule has 0 heterocycles. The molecule has 1 amide bonds. The summed E-state index contributed by atoms with van der Waals surface area (Å²) in [7, 11) is 0. The van der Waals surface area contributed by atoms with Gasteiger partial charge in [-0.15, -0.1) is 0 Å². The van der Waals surface area contributed by atoms with Crippen LogP contribution < -0.4 is 5.32 Å². The quantitative estimate of drug-likeness (QED) is 0.520. The smallest absolute Gasteiger partial charge is 0.407 e. The SMILES string of the molecule is C=C/C(=C(\C)OC(=C)CC)c1cccc(CNC(=O)OC(C)(C)C)c1. The topological polar surface area (TPSA) is 47.6 Å². The van der Waals surface area contributed by atoms with Crippen LogP contribution in [0.5, 0.6) is 0 Å². The second-order valence-corrected chi connectivity index (χ2v) is 6.72. The van der Waals surface area contributed by atoms with Crippen molar-refractivity contribution >= 4 is 11.7 Å². The molecule has 0 saturated carbocycles. The van der Waals surface area contributed by atoms with E-state index in [-0.39, 0.29) is 0 Å². The molecule has 136 valence electrons. The normalized spacial score (nSPS) is 12.0. The Hall–Kier alpha value is -2.49. The van der Waals surface area contributed by atoms with Crippen LogP contribution in [-0.2, 0) is 16.0 Å². The summed E-state index contributed by atoms with van der Waals surface area (Å²) in [6.45, 7) is 17.5. The van der Waals surface area contributed by atoms with E-state index in [0.717, 1.165) is 28.9 Å². The molecule has 0 fully saturated rings. The molecule has 0 radical (unpaired) electrons. The van der Waals surface area contributed by atoms with Gasteiger partial charge in [0.2, 0.25) is 0 Å². The van der Waals surface area contributed by atoms with E-state index < -0.39 is 11.7 Å². The number of hydrogen-bond donors (Lipinski definition) is 1. The molecule has 0 atom stereocenters. The Morgan fingerprint density at radius 1 is 1.32 bits per heavy atom. The fraction of sp³-hybridized carbons (Fsp3) is 0.381. The van der Waals surface area contributed by atoms with Crippen LogP contribution in [0.25, 0.3) is 5.57 Å². The lowest BCUT2D eigenvalue weighted by Crippen LogP contribution is -2.32. The van der Waals surface area contributed by atoms with Gasteiger partial charge in [-0.1, -0.05) is 44.4 Å².